The number of carbonyl (C=O) groups is 2. The lowest BCUT2D eigenvalue weighted by atomic mass is 9.98. The van der Waals surface area contributed by atoms with Crippen LogP contribution in [0.4, 0.5) is 4.79 Å². The summed E-state index contributed by atoms with van der Waals surface area (Å²) in [5.74, 6) is -0.101. The molecule has 0 aliphatic carbocycles. The third-order valence-corrected chi connectivity index (χ3v) is 2.98. The molecule has 1 aliphatic rings. The first kappa shape index (κ1) is 15.0. The molecule has 1 unspecified atom stereocenters. The van der Waals surface area contributed by atoms with Crippen molar-refractivity contribution in [2.24, 2.45) is 11.7 Å². The van der Waals surface area contributed by atoms with Crippen LogP contribution in [0.1, 0.15) is 40.0 Å². The van der Waals surface area contributed by atoms with Gasteiger partial charge < -0.3 is 15.4 Å². The SMILES string of the molecule is CC(C)(C)OC(=O)N1CCCCC(C(=O)CN)C1. The molecule has 0 aromatic heterocycles. The molecule has 1 heterocycles. The first-order chi connectivity index (χ1) is 8.33. The summed E-state index contributed by atoms with van der Waals surface area (Å²) in [4.78, 5) is 25.3. The van der Waals surface area contributed by atoms with Crippen molar-refractivity contribution in [2.75, 3.05) is 19.6 Å². The minimum atomic E-state index is -0.503. The van der Waals surface area contributed by atoms with Crippen molar-refractivity contribution in [3.05, 3.63) is 0 Å². The van der Waals surface area contributed by atoms with Crippen LogP contribution in [0.5, 0.6) is 0 Å². The van der Waals surface area contributed by atoms with Crippen LogP contribution in [0, 0.1) is 5.92 Å². The van der Waals surface area contributed by atoms with E-state index in [1.54, 1.807) is 4.90 Å². The van der Waals surface area contributed by atoms with Crippen LogP contribution >= 0.6 is 0 Å². The van der Waals surface area contributed by atoms with Crippen molar-refractivity contribution in [3.63, 3.8) is 0 Å². The van der Waals surface area contributed by atoms with Crippen molar-refractivity contribution < 1.29 is 14.3 Å². The van der Waals surface area contributed by atoms with E-state index in [4.69, 9.17) is 10.5 Å². The number of nitrogens with two attached hydrogens (primary N) is 1. The second-order valence-corrected chi connectivity index (χ2v) is 5.79. The van der Waals surface area contributed by atoms with Crippen molar-refractivity contribution in [1.82, 2.24) is 4.90 Å². The van der Waals surface area contributed by atoms with Crippen molar-refractivity contribution in [3.8, 4) is 0 Å². The van der Waals surface area contributed by atoms with E-state index in [1.807, 2.05) is 20.8 Å². The molecule has 0 aromatic rings. The molecule has 1 atom stereocenters. The molecule has 0 aromatic carbocycles. The summed E-state index contributed by atoms with van der Waals surface area (Å²) in [6, 6.07) is 0. The van der Waals surface area contributed by atoms with Gasteiger partial charge >= 0.3 is 6.09 Å². The fourth-order valence-corrected chi connectivity index (χ4v) is 2.06. The number of ether oxygens (including phenoxy) is 1. The van der Waals surface area contributed by atoms with Crippen molar-refractivity contribution in [2.45, 2.75) is 45.6 Å². The van der Waals surface area contributed by atoms with Crippen molar-refractivity contribution >= 4 is 11.9 Å². The standard InChI is InChI=1S/C13H24N2O3/c1-13(2,3)18-12(17)15-7-5-4-6-10(9-15)11(16)8-14/h10H,4-9,14H2,1-3H3. The molecule has 18 heavy (non-hydrogen) atoms. The summed E-state index contributed by atoms with van der Waals surface area (Å²) in [5, 5.41) is 0. The monoisotopic (exact) mass is 256 g/mol. The zero-order valence-corrected chi connectivity index (χ0v) is 11.6. The van der Waals surface area contributed by atoms with Gasteiger partial charge in [-0.15, -0.1) is 0 Å². The van der Waals surface area contributed by atoms with E-state index < -0.39 is 5.60 Å². The number of hydrogen-bond donors (Lipinski definition) is 1. The molecule has 1 amide bonds. The van der Waals surface area contributed by atoms with Crippen LogP contribution in [0.2, 0.25) is 0 Å². The fourth-order valence-electron chi connectivity index (χ4n) is 2.06. The van der Waals surface area contributed by atoms with Gasteiger partial charge in [-0.05, 0) is 33.6 Å². The van der Waals surface area contributed by atoms with Crippen LogP contribution in [0.25, 0.3) is 0 Å². The third-order valence-electron chi connectivity index (χ3n) is 2.98. The Hall–Kier alpha value is -1.10. The zero-order valence-electron chi connectivity index (χ0n) is 11.6. The van der Waals surface area contributed by atoms with Gasteiger partial charge in [0.2, 0.25) is 0 Å². The Morgan fingerprint density at radius 1 is 1.33 bits per heavy atom. The number of amides is 1. The van der Waals surface area contributed by atoms with E-state index in [9.17, 15) is 9.59 Å². The number of likely N-dealkylation sites (tertiary alicyclic amines) is 1. The Balaban J connectivity index is 2.64. The predicted molar refractivity (Wildman–Crippen MR) is 69.2 cm³/mol. The molecule has 1 saturated heterocycles. The molecular weight excluding hydrogens is 232 g/mol. The lowest BCUT2D eigenvalue weighted by molar-refractivity contribution is -0.122. The molecule has 0 spiro atoms. The van der Waals surface area contributed by atoms with Crippen LogP contribution in [0.15, 0.2) is 0 Å². The van der Waals surface area contributed by atoms with Crippen LogP contribution in [0.3, 0.4) is 0 Å². The van der Waals surface area contributed by atoms with Gasteiger partial charge in [0.1, 0.15) is 5.60 Å². The number of carbonyl (C=O) groups excluding carboxylic acids is 2. The predicted octanol–water partition coefficient (Wildman–Crippen LogP) is 1.55. The lowest BCUT2D eigenvalue weighted by Crippen LogP contribution is -2.41. The number of hydrogen-bond acceptors (Lipinski definition) is 4. The summed E-state index contributed by atoms with van der Waals surface area (Å²) < 4.78 is 5.34. The second-order valence-electron chi connectivity index (χ2n) is 5.79. The minimum Gasteiger partial charge on any atom is -0.444 e. The minimum absolute atomic E-state index is 0.0328. The fraction of sp³-hybridized carbons (Fsp3) is 0.846. The van der Waals surface area contributed by atoms with Gasteiger partial charge in [0.25, 0.3) is 0 Å². The maximum atomic E-state index is 12.0. The van der Waals surface area contributed by atoms with Gasteiger partial charge in [-0.25, -0.2) is 4.79 Å². The van der Waals surface area contributed by atoms with Crippen LogP contribution in [-0.4, -0.2) is 42.0 Å². The molecule has 0 radical (unpaired) electrons. The van der Waals surface area contributed by atoms with E-state index in [0.717, 1.165) is 19.3 Å². The first-order valence-corrected chi connectivity index (χ1v) is 6.54. The topological polar surface area (TPSA) is 72.6 Å². The second kappa shape index (κ2) is 6.18. The van der Waals surface area contributed by atoms with E-state index in [2.05, 4.69) is 0 Å². The van der Waals surface area contributed by atoms with Crippen LogP contribution in [-0.2, 0) is 9.53 Å². The maximum absolute atomic E-state index is 12.0. The smallest absolute Gasteiger partial charge is 0.410 e. The molecule has 5 nitrogen and oxygen atoms in total. The highest BCUT2D eigenvalue weighted by Gasteiger charge is 2.28. The number of nitrogens with zero attached hydrogens (tertiary/aromatic N) is 1. The average Bonchev–Trinajstić information content (AvgIpc) is 2.51. The Morgan fingerprint density at radius 3 is 2.56 bits per heavy atom. The van der Waals surface area contributed by atoms with E-state index in [1.165, 1.54) is 0 Å². The van der Waals surface area contributed by atoms with Gasteiger partial charge in [0.15, 0.2) is 5.78 Å². The third kappa shape index (κ3) is 4.64. The molecule has 5 heteroatoms. The normalized spacial score (nSPS) is 21.3. The average molecular weight is 256 g/mol. The number of Topliss-reactive ketones (excluding diaryl/α,β-unsaturated/α-hetero) is 1. The summed E-state index contributed by atoms with van der Waals surface area (Å²) in [5.41, 5.74) is 4.89. The Kier molecular flexibility index (Phi) is 5.14. The van der Waals surface area contributed by atoms with Crippen LogP contribution < -0.4 is 5.73 Å². The highest BCUT2D eigenvalue weighted by atomic mass is 16.6. The van der Waals surface area contributed by atoms with Gasteiger partial charge in [0.05, 0.1) is 6.54 Å². The van der Waals surface area contributed by atoms with Gasteiger partial charge in [-0.1, -0.05) is 6.42 Å². The van der Waals surface area contributed by atoms with E-state index in [-0.39, 0.29) is 24.3 Å². The Morgan fingerprint density at radius 2 is 2.00 bits per heavy atom. The quantitative estimate of drug-likeness (QED) is 0.813. The first-order valence-electron chi connectivity index (χ1n) is 6.54. The number of rotatable bonds is 2. The van der Waals surface area contributed by atoms with E-state index in [0.29, 0.717) is 13.1 Å². The summed E-state index contributed by atoms with van der Waals surface area (Å²) >= 11 is 0. The van der Waals surface area contributed by atoms with Gasteiger partial charge in [-0.3, -0.25) is 4.79 Å². The molecule has 1 rings (SSSR count). The zero-order chi connectivity index (χ0) is 13.8. The van der Waals surface area contributed by atoms with Gasteiger partial charge in [0, 0.05) is 19.0 Å². The molecular formula is C13H24N2O3. The molecule has 0 saturated carbocycles. The summed E-state index contributed by atoms with van der Waals surface area (Å²) in [7, 11) is 0. The molecule has 1 fully saturated rings. The van der Waals surface area contributed by atoms with E-state index >= 15 is 0 Å². The summed E-state index contributed by atoms with van der Waals surface area (Å²) in [6.07, 6.45) is 2.35. The Labute approximate surface area is 109 Å². The Bertz CT molecular complexity index is 310. The highest BCUT2D eigenvalue weighted by molar-refractivity contribution is 5.83. The maximum Gasteiger partial charge on any atom is 0.410 e. The molecule has 0 bridgehead atoms. The lowest BCUT2D eigenvalue weighted by Gasteiger charge is -2.27. The van der Waals surface area contributed by atoms with Gasteiger partial charge in [-0.2, -0.15) is 0 Å². The van der Waals surface area contributed by atoms with Crippen molar-refractivity contribution in [1.29, 1.82) is 0 Å². The highest BCUT2D eigenvalue weighted by Crippen LogP contribution is 2.19. The molecule has 1 aliphatic heterocycles. The molecule has 104 valence electrons. The molecule has 2 N–H and O–H groups in total. The summed E-state index contributed by atoms with van der Waals surface area (Å²) in [6.45, 7) is 6.66. The largest absolute Gasteiger partial charge is 0.444 e. The number of ketones is 1.